The molecule has 2 aromatic carbocycles. The minimum absolute atomic E-state index is 0.280. The van der Waals surface area contributed by atoms with E-state index in [0.29, 0.717) is 5.75 Å². The third kappa shape index (κ3) is 3.84. The molecular weight excluding hydrogens is 368 g/mol. The zero-order chi connectivity index (χ0) is 16.4. The summed E-state index contributed by atoms with van der Waals surface area (Å²) in [5.41, 5.74) is 1.94. The Morgan fingerprint density at radius 2 is 1.74 bits per heavy atom. The monoisotopic (exact) mass is 380 g/mol. The van der Waals surface area contributed by atoms with Crippen molar-refractivity contribution in [1.82, 2.24) is 9.97 Å². The van der Waals surface area contributed by atoms with Crippen LogP contribution in [0.25, 0.3) is 20.4 Å². The second-order valence-corrected chi connectivity index (χ2v) is 8.33. The van der Waals surface area contributed by atoms with Crippen molar-refractivity contribution in [3.8, 4) is 11.5 Å². The topological polar surface area (TPSA) is 69.1 Å². The summed E-state index contributed by atoms with van der Waals surface area (Å²) in [5.74, 6) is 0.585. The van der Waals surface area contributed by atoms with Gasteiger partial charge in [0.05, 0.1) is 20.4 Å². The van der Waals surface area contributed by atoms with Crippen LogP contribution in [0.3, 0.4) is 0 Å². The Balaban J connectivity index is 0.000000136. The van der Waals surface area contributed by atoms with Crippen LogP contribution < -0.4 is 0 Å². The number of hydrogen-bond donors (Lipinski definition) is 3. The molecule has 2 aromatic heterocycles. The van der Waals surface area contributed by atoms with Crippen LogP contribution in [-0.4, -0.2) is 26.4 Å². The highest BCUT2D eigenvalue weighted by molar-refractivity contribution is 8.00. The van der Waals surface area contributed by atoms with E-state index < -0.39 is 0 Å². The third-order valence-electron chi connectivity index (χ3n) is 2.93. The fourth-order valence-corrected chi connectivity index (χ4v) is 4.58. The molecule has 4 aromatic rings. The number of H-pyrrole nitrogens is 1. The summed E-state index contributed by atoms with van der Waals surface area (Å²) in [6, 6.07) is 10.4. The fraction of sp³-hybridized carbons (Fsp3) is 0.0667. The Morgan fingerprint density at radius 3 is 2.48 bits per heavy atom. The number of aromatic hydroxyl groups is 2. The first-order valence-electron chi connectivity index (χ1n) is 6.50. The molecule has 0 aliphatic heterocycles. The van der Waals surface area contributed by atoms with Gasteiger partial charge in [-0.3, -0.25) is 0 Å². The van der Waals surface area contributed by atoms with Crippen molar-refractivity contribution >= 4 is 67.1 Å². The summed E-state index contributed by atoms with van der Waals surface area (Å²) in [5, 5.41) is 18.3. The molecule has 4 rings (SSSR count). The SMILES string of the molecule is CSc1nc2ccc(O)cc2s1.Oc1ccc2[nH]c(=S)sc2c1. The molecule has 8 heteroatoms. The molecule has 3 N–H and O–H groups in total. The first-order chi connectivity index (χ1) is 11.0. The maximum atomic E-state index is 9.18. The predicted octanol–water partition coefficient (Wildman–Crippen LogP) is 5.39. The molecule has 0 aliphatic rings. The van der Waals surface area contributed by atoms with E-state index in [9.17, 15) is 5.11 Å². The minimum Gasteiger partial charge on any atom is -0.508 e. The summed E-state index contributed by atoms with van der Waals surface area (Å²) in [6.45, 7) is 0. The maximum absolute atomic E-state index is 9.18. The molecule has 0 spiro atoms. The van der Waals surface area contributed by atoms with Gasteiger partial charge in [-0.25, -0.2) is 4.98 Å². The number of nitrogens with one attached hydrogen (secondary N) is 1. The van der Waals surface area contributed by atoms with E-state index in [1.807, 2.05) is 18.4 Å². The van der Waals surface area contributed by atoms with Crippen molar-refractivity contribution in [2.75, 3.05) is 6.26 Å². The molecule has 0 atom stereocenters. The van der Waals surface area contributed by atoms with Crippen LogP contribution in [0.2, 0.25) is 0 Å². The van der Waals surface area contributed by atoms with Gasteiger partial charge in [0.2, 0.25) is 0 Å². The number of nitrogens with zero attached hydrogens (tertiary/aromatic N) is 1. The van der Waals surface area contributed by atoms with Crippen molar-refractivity contribution in [1.29, 1.82) is 0 Å². The van der Waals surface area contributed by atoms with Crippen molar-refractivity contribution in [2.24, 2.45) is 0 Å². The normalized spacial score (nSPS) is 10.7. The average Bonchev–Trinajstić information content (AvgIpc) is 3.08. The Morgan fingerprint density at radius 1 is 1.04 bits per heavy atom. The average molecular weight is 381 g/mol. The summed E-state index contributed by atoms with van der Waals surface area (Å²) >= 11 is 9.63. The van der Waals surface area contributed by atoms with Crippen molar-refractivity contribution < 1.29 is 10.2 Å². The summed E-state index contributed by atoms with van der Waals surface area (Å²) in [6.07, 6.45) is 2.00. The van der Waals surface area contributed by atoms with Crippen molar-refractivity contribution in [3.63, 3.8) is 0 Å². The largest absolute Gasteiger partial charge is 0.508 e. The van der Waals surface area contributed by atoms with Gasteiger partial charge >= 0.3 is 0 Å². The lowest BCUT2D eigenvalue weighted by Crippen LogP contribution is -1.67. The van der Waals surface area contributed by atoms with Gasteiger partial charge < -0.3 is 15.2 Å². The number of aromatic nitrogens is 2. The first-order valence-corrected chi connectivity index (χ1v) is 9.77. The van der Waals surface area contributed by atoms with E-state index in [1.165, 1.54) is 11.3 Å². The number of thiazole rings is 2. The third-order valence-corrected chi connectivity index (χ3v) is 6.13. The van der Waals surface area contributed by atoms with Gasteiger partial charge in [-0.2, -0.15) is 0 Å². The van der Waals surface area contributed by atoms with Gasteiger partial charge in [-0.1, -0.05) is 11.8 Å². The van der Waals surface area contributed by atoms with Crippen LogP contribution in [0.4, 0.5) is 0 Å². The number of thioether (sulfide) groups is 1. The van der Waals surface area contributed by atoms with Gasteiger partial charge in [0, 0.05) is 0 Å². The van der Waals surface area contributed by atoms with Gasteiger partial charge in [-0.15, -0.1) is 22.7 Å². The highest BCUT2D eigenvalue weighted by Gasteiger charge is 2.02. The number of rotatable bonds is 1. The van der Waals surface area contributed by atoms with Crippen LogP contribution >= 0.6 is 46.7 Å². The van der Waals surface area contributed by atoms with Crippen LogP contribution in [0.1, 0.15) is 0 Å². The Labute approximate surface area is 149 Å². The Kier molecular flexibility index (Phi) is 4.86. The molecule has 0 fully saturated rings. The zero-order valence-corrected chi connectivity index (χ0v) is 15.2. The number of aromatic amines is 1. The van der Waals surface area contributed by atoms with E-state index in [4.69, 9.17) is 17.3 Å². The van der Waals surface area contributed by atoms with Gasteiger partial charge in [0.15, 0.2) is 8.29 Å². The van der Waals surface area contributed by atoms with Crippen LogP contribution in [0.5, 0.6) is 11.5 Å². The first kappa shape index (κ1) is 16.3. The smallest absolute Gasteiger partial charge is 0.159 e. The lowest BCUT2D eigenvalue weighted by atomic mass is 10.3. The van der Waals surface area contributed by atoms with E-state index >= 15 is 0 Å². The molecule has 118 valence electrons. The van der Waals surface area contributed by atoms with E-state index in [-0.39, 0.29) is 5.75 Å². The van der Waals surface area contributed by atoms with Gasteiger partial charge in [-0.05, 0) is 54.9 Å². The molecule has 0 saturated carbocycles. The molecule has 0 saturated heterocycles. The summed E-state index contributed by atoms with van der Waals surface area (Å²) < 4.78 is 3.82. The highest BCUT2D eigenvalue weighted by Crippen LogP contribution is 2.30. The van der Waals surface area contributed by atoms with E-state index in [2.05, 4.69) is 9.97 Å². The fourth-order valence-electron chi connectivity index (χ4n) is 1.91. The second-order valence-electron chi connectivity index (χ2n) is 4.53. The second kappa shape index (κ2) is 6.88. The van der Waals surface area contributed by atoms with Gasteiger partial charge in [0.25, 0.3) is 0 Å². The molecule has 4 nitrogen and oxygen atoms in total. The lowest BCUT2D eigenvalue weighted by Gasteiger charge is -1.88. The Hall–Kier alpha value is -1.61. The predicted molar refractivity (Wildman–Crippen MR) is 102 cm³/mol. The highest BCUT2D eigenvalue weighted by atomic mass is 32.2. The number of hydrogen-bond acceptors (Lipinski definition) is 7. The van der Waals surface area contributed by atoms with Gasteiger partial charge in [0.1, 0.15) is 11.5 Å². The quantitative estimate of drug-likeness (QED) is 0.305. The van der Waals surface area contributed by atoms with Crippen LogP contribution in [-0.2, 0) is 0 Å². The molecule has 0 amide bonds. The number of phenolic OH excluding ortho intramolecular Hbond substituents is 2. The lowest BCUT2D eigenvalue weighted by molar-refractivity contribution is 0.475. The molecule has 0 bridgehead atoms. The molecule has 0 radical (unpaired) electrons. The minimum atomic E-state index is 0.280. The standard InChI is InChI=1S/C8H7NOS2.C7H5NOS2/c1-11-8-9-6-3-2-5(10)4-7(6)12-8;9-4-1-2-5-6(3-4)11-7(10)8-5/h2-4,10H,1H3;1-3,9H,(H,8,10). The van der Waals surface area contributed by atoms with Crippen molar-refractivity contribution in [3.05, 3.63) is 40.4 Å². The molecule has 23 heavy (non-hydrogen) atoms. The number of phenols is 2. The molecule has 2 heterocycles. The summed E-state index contributed by atoms with van der Waals surface area (Å²) in [4.78, 5) is 7.35. The zero-order valence-electron chi connectivity index (χ0n) is 11.9. The maximum Gasteiger partial charge on any atom is 0.159 e. The molecular formula is C15H12N2O2S4. The summed E-state index contributed by atoms with van der Waals surface area (Å²) in [7, 11) is 0. The Bertz CT molecular complexity index is 1020. The van der Waals surface area contributed by atoms with Crippen LogP contribution in [0.15, 0.2) is 40.7 Å². The number of benzene rings is 2. The molecule has 0 aliphatic carbocycles. The molecule has 0 unspecified atom stereocenters. The number of fused-ring (bicyclic) bond motifs is 2. The van der Waals surface area contributed by atoms with E-state index in [0.717, 1.165) is 28.7 Å². The van der Waals surface area contributed by atoms with E-state index in [1.54, 1.807) is 47.4 Å². The van der Waals surface area contributed by atoms with Crippen molar-refractivity contribution in [2.45, 2.75) is 4.34 Å². The van der Waals surface area contributed by atoms with Crippen LogP contribution in [0, 0.1) is 3.95 Å².